The summed E-state index contributed by atoms with van der Waals surface area (Å²) < 4.78 is 0. The van der Waals surface area contributed by atoms with E-state index in [9.17, 15) is 4.79 Å². The highest BCUT2D eigenvalue weighted by atomic mass is 16.3. The summed E-state index contributed by atoms with van der Waals surface area (Å²) >= 11 is 0. The molecule has 1 unspecified atom stereocenters. The maximum absolute atomic E-state index is 10.7. The lowest BCUT2D eigenvalue weighted by atomic mass is 10.1. The highest BCUT2D eigenvalue weighted by molar-refractivity contribution is 5.78. The zero-order valence-corrected chi connectivity index (χ0v) is 6.84. The van der Waals surface area contributed by atoms with Crippen molar-refractivity contribution >= 4 is 5.91 Å². The summed E-state index contributed by atoms with van der Waals surface area (Å²) in [7, 11) is 0. The molecule has 0 heterocycles. The van der Waals surface area contributed by atoms with Crippen molar-refractivity contribution in [1.29, 1.82) is 0 Å². The molecule has 0 rings (SSSR count). The second-order valence-corrected chi connectivity index (χ2v) is 2.39. The molecule has 0 aromatic heterocycles. The van der Waals surface area contributed by atoms with Crippen molar-refractivity contribution in [3.63, 3.8) is 0 Å². The molecule has 0 radical (unpaired) electrons. The smallest absolute Gasteiger partial charge is 0.233 e. The number of carbonyl (C=O) groups is 1. The molecule has 0 aliphatic rings. The van der Waals surface area contributed by atoms with Crippen LogP contribution in [0.15, 0.2) is 0 Å². The van der Waals surface area contributed by atoms with Crippen molar-refractivity contribution < 1.29 is 9.90 Å². The Morgan fingerprint density at radius 3 is 2.73 bits per heavy atom. The van der Waals surface area contributed by atoms with Crippen LogP contribution in [0.25, 0.3) is 0 Å². The summed E-state index contributed by atoms with van der Waals surface area (Å²) in [4.78, 5) is 10.7. The predicted molar refractivity (Wildman–Crippen MR) is 43.0 cm³/mol. The van der Waals surface area contributed by atoms with E-state index in [1.54, 1.807) is 0 Å². The number of carbonyl (C=O) groups excluding carboxylic acids is 1. The number of nitrogens with one attached hydrogen (secondary N) is 1. The highest BCUT2D eigenvalue weighted by Gasteiger charge is 2.07. The minimum absolute atomic E-state index is 0.0158. The molecule has 0 aliphatic heterocycles. The fourth-order valence-electron chi connectivity index (χ4n) is 0.821. The van der Waals surface area contributed by atoms with Crippen molar-refractivity contribution in [3.05, 3.63) is 0 Å². The molecule has 4 nitrogen and oxygen atoms in total. The normalized spacial score (nSPS) is 12.6. The molecule has 4 N–H and O–H groups in total. The Kier molecular flexibility index (Phi) is 5.78. The molecule has 1 amide bonds. The zero-order valence-electron chi connectivity index (χ0n) is 6.84. The zero-order chi connectivity index (χ0) is 8.69. The van der Waals surface area contributed by atoms with E-state index in [0.29, 0.717) is 6.42 Å². The average Bonchev–Trinajstić information content (AvgIpc) is 2.03. The van der Waals surface area contributed by atoms with Gasteiger partial charge in [0.1, 0.15) is 0 Å². The van der Waals surface area contributed by atoms with Crippen molar-refractivity contribution in [2.45, 2.75) is 25.8 Å². The van der Waals surface area contributed by atoms with Crippen molar-refractivity contribution in [2.75, 3.05) is 13.2 Å². The molecule has 1 atom stereocenters. The lowest BCUT2D eigenvalue weighted by Gasteiger charge is -2.14. The van der Waals surface area contributed by atoms with Crippen LogP contribution in [0, 0.1) is 0 Å². The second-order valence-electron chi connectivity index (χ2n) is 2.39. The summed E-state index contributed by atoms with van der Waals surface area (Å²) in [6.07, 6.45) is 1.43. The maximum atomic E-state index is 10.7. The number of rotatable bonds is 5. The van der Waals surface area contributed by atoms with Crippen LogP contribution in [0.5, 0.6) is 0 Å². The van der Waals surface area contributed by atoms with E-state index in [-0.39, 0.29) is 25.1 Å². The van der Waals surface area contributed by atoms with Gasteiger partial charge in [-0.2, -0.15) is 0 Å². The lowest BCUT2D eigenvalue weighted by molar-refractivity contribution is -0.120. The van der Waals surface area contributed by atoms with Gasteiger partial charge in [-0.15, -0.1) is 0 Å². The quantitative estimate of drug-likeness (QED) is 0.494. The first kappa shape index (κ1) is 10.4. The molecule has 66 valence electrons. The van der Waals surface area contributed by atoms with Gasteiger partial charge < -0.3 is 16.2 Å². The van der Waals surface area contributed by atoms with E-state index in [1.165, 1.54) is 0 Å². The highest BCUT2D eigenvalue weighted by Crippen LogP contribution is 1.95. The number of aliphatic hydroxyl groups excluding tert-OH is 1. The average molecular weight is 160 g/mol. The van der Waals surface area contributed by atoms with E-state index in [1.807, 2.05) is 6.92 Å². The van der Waals surface area contributed by atoms with Gasteiger partial charge >= 0.3 is 0 Å². The molecule has 0 aromatic rings. The largest absolute Gasteiger partial charge is 0.396 e. The van der Waals surface area contributed by atoms with Gasteiger partial charge in [-0.3, -0.25) is 4.79 Å². The Labute approximate surface area is 66.8 Å². The molecule has 11 heavy (non-hydrogen) atoms. The molecule has 0 saturated heterocycles. The van der Waals surface area contributed by atoms with E-state index in [4.69, 9.17) is 10.8 Å². The van der Waals surface area contributed by atoms with Crippen LogP contribution in [0.1, 0.15) is 19.8 Å². The van der Waals surface area contributed by atoms with Crippen LogP contribution >= 0.6 is 0 Å². The summed E-state index contributed by atoms with van der Waals surface area (Å²) in [5, 5.41) is 11.3. The van der Waals surface area contributed by atoms with Gasteiger partial charge in [-0.1, -0.05) is 6.92 Å². The molecule has 0 fully saturated rings. The van der Waals surface area contributed by atoms with Gasteiger partial charge in [0.25, 0.3) is 0 Å². The number of aliphatic hydroxyl groups is 1. The van der Waals surface area contributed by atoms with E-state index < -0.39 is 0 Å². The molecule has 0 bridgehead atoms. The minimum atomic E-state index is -0.162. The molecule has 0 spiro atoms. The Bertz CT molecular complexity index is 117. The van der Waals surface area contributed by atoms with Gasteiger partial charge in [0, 0.05) is 12.6 Å². The minimum Gasteiger partial charge on any atom is -0.396 e. The lowest BCUT2D eigenvalue weighted by Crippen LogP contribution is -2.38. The standard InChI is InChI=1S/C7H16N2O2/c1-2-6(3-4-10)9-7(11)5-8/h6,10H,2-5,8H2,1H3,(H,9,11). The van der Waals surface area contributed by atoms with E-state index >= 15 is 0 Å². The Morgan fingerprint density at radius 2 is 2.36 bits per heavy atom. The molecule has 0 saturated carbocycles. The van der Waals surface area contributed by atoms with Crippen LogP contribution in [0.4, 0.5) is 0 Å². The van der Waals surface area contributed by atoms with Crippen LogP contribution in [0.3, 0.4) is 0 Å². The molecule has 4 heteroatoms. The number of nitrogens with two attached hydrogens (primary N) is 1. The first-order valence-electron chi connectivity index (χ1n) is 3.84. The van der Waals surface area contributed by atoms with Gasteiger partial charge in [-0.25, -0.2) is 0 Å². The second kappa shape index (κ2) is 6.12. The van der Waals surface area contributed by atoms with E-state index in [0.717, 1.165) is 6.42 Å². The van der Waals surface area contributed by atoms with Crippen LogP contribution in [-0.4, -0.2) is 30.2 Å². The van der Waals surface area contributed by atoms with E-state index in [2.05, 4.69) is 5.32 Å². The summed E-state index contributed by atoms with van der Waals surface area (Å²) in [5.74, 6) is -0.162. The first-order chi connectivity index (χ1) is 5.24. The fraction of sp³-hybridized carbons (Fsp3) is 0.857. The molecule has 0 aliphatic carbocycles. The number of amides is 1. The fourth-order valence-corrected chi connectivity index (χ4v) is 0.821. The third-order valence-corrected chi connectivity index (χ3v) is 1.52. The third kappa shape index (κ3) is 4.75. The Balaban J connectivity index is 3.58. The predicted octanol–water partition coefficient (Wildman–Crippen LogP) is -0.778. The van der Waals surface area contributed by atoms with Gasteiger partial charge in [0.05, 0.1) is 6.54 Å². The topological polar surface area (TPSA) is 75.3 Å². The third-order valence-electron chi connectivity index (χ3n) is 1.52. The van der Waals surface area contributed by atoms with Crippen molar-refractivity contribution in [3.8, 4) is 0 Å². The van der Waals surface area contributed by atoms with Crippen molar-refractivity contribution in [1.82, 2.24) is 5.32 Å². The molecule has 0 aromatic carbocycles. The van der Waals surface area contributed by atoms with Crippen LogP contribution in [-0.2, 0) is 4.79 Å². The van der Waals surface area contributed by atoms with Crippen LogP contribution in [0.2, 0.25) is 0 Å². The first-order valence-corrected chi connectivity index (χ1v) is 3.84. The summed E-state index contributed by atoms with van der Waals surface area (Å²) in [6, 6.07) is 0.0658. The Hall–Kier alpha value is -0.610. The van der Waals surface area contributed by atoms with Gasteiger partial charge in [-0.05, 0) is 12.8 Å². The SMILES string of the molecule is CCC(CCO)NC(=O)CN. The summed E-state index contributed by atoms with van der Waals surface area (Å²) in [6.45, 7) is 2.07. The number of hydrogen-bond acceptors (Lipinski definition) is 3. The number of hydrogen-bond donors (Lipinski definition) is 3. The Morgan fingerprint density at radius 1 is 1.73 bits per heavy atom. The van der Waals surface area contributed by atoms with Gasteiger partial charge in [0.2, 0.25) is 5.91 Å². The molecular weight excluding hydrogens is 144 g/mol. The van der Waals surface area contributed by atoms with Crippen LogP contribution < -0.4 is 11.1 Å². The van der Waals surface area contributed by atoms with Gasteiger partial charge in [0.15, 0.2) is 0 Å². The molecular formula is C7H16N2O2. The summed E-state index contributed by atoms with van der Waals surface area (Å²) in [5.41, 5.74) is 5.10. The monoisotopic (exact) mass is 160 g/mol. The maximum Gasteiger partial charge on any atom is 0.233 e. The van der Waals surface area contributed by atoms with Crippen molar-refractivity contribution in [2.24, 2.45) is 5.73 Å².